The molecular formula is C17H17FN6S. The first-order valence-corrected chi connectivity index (χ1v) is 9.19. The standard InChI is InChI=1S/C17H17FN6S/c1-23-21-13-7-11(6-12(18)16(13)22-23)15-9-24-8-14(20-17(24)25-15)10-2-4-19-5-3-10/h6-10,19H,2-5H2,1H3. The van der Waals surface area contributed by atoms with Crippen LogP contribution in [0.5, 0.6) is 0 Å². The number of nitrogens with zero attached hydrogens (tertiary/aromatic N) is 5. The van der Waals surface area contributed by atoms with Gasteiger partial charge in [0.15, 0.2) is 10.8 Å². The third-order valence-electron chi connectivity index (χ3n) is 4.76. The maximum Gasteiger partial charge on any atom is 0.194 e. The Kier molecular flexibility index (Phi) is 3.36. The van der Waals surface area contributed by atoms with Crippen LogP contribution in [-0.2, 0) is 7.05 Å². The van der Waals surface area contributed by atoms with Crippen molar-refractivity contribution in [2.45, 2.75) is 18.8 Å². The van der Waals surface area contributed by atoms with Crippen LogP contribution in [0.3, 0.4) is 0 Å². The van der Waals surface area contributed by atoms with Gasteiger partial charge in [-0.05, 0) is 43.6 Å². The first-order valence-electron chi connectivity index (χ1n) is 8.37. The third-order valence-corrected chi connectivity index (χ3v) is 5.80. The second-order valence-corrected chi connectivity index (χ2v) is 7.50. The van der Waals surface area contributed by atoms with E-state index >= 15 is 0 Å². The normalized spacial score (nSPS) is 16.2. The Labute approximate surface area is 147 Å². The number of aryl methyl sites for hydroxylation is 1. The Balaban J connectivity index is 1.53. The molecule has 0 radical (unpaired) electrons. The monoisotopic (exact) mass is 356 g/mol. The number of thiazole rings is 1. The predicted octanol–water partition coefficient (Wildman–Crippen LogP) is 2.95. The third kappa shape index (κ3) is 2.52. The number of nitrogens with one attached hydrogen (secondary N) is 1. The number of fused-ring (bicyclic) bond motifs is 2. The molecule has 0 bridgehead atoms. The van der Waals surface area contributed by atoms with Crippen molar-refractivity contribution in [3.8, 4) is 10.4 Å². The minimum absolute atomic E-state index is 0.306. The predicted molar refractivity (Wildman–Crippen MR) is 95.4 cm³/mol. The fourth-order valence-corrected chi connectivity index (χ4v) is 4.45. The molecule has 25 heavy (non-hydrogen) atoms. The van der Waals surface area contributed by atoms with Crippen LogP contribution in [0.15, 0.2) is 24.5 Å². The summed E-state index contributed by atoms with van der Waals surface area (Å²) in [7, 11) is 1.70. The van der Waals surface area contributed by atoms with Crippen LogP contribution < -0.4 is 5.32 Å². The summed E-state index contributed by atoms with van der Waals surface area (Å²) in [6, 6.07) is 3.40. The fourth-order valence-electron chi connectivity index (χ4n) is 3.49. The summed E-state index contributed by atoms with van der Waals surface area (Å²) in [5.74, 6) is 0.187. The molecule has 0 amide bonds. The van der Waals surface area contributed by atoms with E-state index in [9.17, 15) is 4.39 Å². The van der Waals surface area contributed by atoms with E-state index < -0.39 is 0 Å². The van der Waals surface area contributed by atoms with Crippen LogP contribution in [-0.4, -0.2) is 37.5 Å². The van der Waals surface area contributed by atoms with Gasteiger partial charge in [0.25, 0.3) is 0 Å². The van der Waals surface area contributed by atoms with E-state index in [4.69, 9.17) is 4.98 Å². The Hall–Kier alpha value is -2.32. The van der Waals surface area contributed by atoms with Crippen molar-refractivity contribution < 1.29 is 4.39 Å². The summed E-state index contributed by atoms with van der Waals surface area (Å²) >= 11 is 1.57. The molecule has 1 aromatic carbocycles. The van der Waals surface area contributed by atoms with Crippen molar-refractivity contribution >= 4 is 27.3 Å². The first kappa shape index (κ1) is 15.0. The highest BCUT2D eigenvalue weighted by molar-refractivity contribution is 7.20. The van der Waals surface area contributed by atoms with Crippen molar-refractivity contribution in [2.24, 2.45) is 7.05 Å². The molecule has 1 aliphatic rings. The van der Waals surface area contributed by atoms with Crippen LogP contribution in [0.1, 0.15) is 24.5 Å². The molecular weight excluding hydrogens is 339 g/mol. The SMILES string of the molecule is Cn1nc2cc(-c3cn4cc(C5CCNCC5)nc4s3)cc(F)c2n1. The Bertz CT molecular complexity index is 1040. The molecule has 0 saturated carbocycles. The number of halogens is 1. The smallest absolute Gasteiger partial charge is 0.194 e. The van der Waals surface area contributed by atoms with Gasteiger partial charge in [-0.25, -0.2) is 9.37 Å². The van der Waals surface area contributed by atoms with E-state index in [2.05, 4.69) is 26.1 Å². The second-order valence-electron chi connectivity index (χ2n) is 6.49. The van der Waals surface area contributed by atoms with Gasteiger partial charge >= 0.3 is 0 Å². The number of hydrogen-bond acceptors (Lipinski definition) is 5. The molecule has 4 aromatic rings. The van der Waals surface area contributed by atoms with Gasteiger partial charge < -0.3 is 5.32 Å². The van der Waals surface area contributed by atoms with Gasteiger partial charge in [0.05, 0.1) is 10.6 Å². The van der Waals surface area contributed by atoms with Gasteiger partial charge in [0, 0.05) is 25.4 Å². The van der Waals surface area contributed by atoms with E-state index in [0.717, 1.165) is 47.0 Å². The summed E-state index contributed by atoms with van der Waals surface area (Å²) in [6.07, 6.45) is 6.40. The van der Waals surface area contributed by atoms with Gasteiger partial charge in [0.1, 0.15) is 11.0 Å². The van der Waals surface area contributed by atoms with E-state index in [1.165, 1.54) is 10.9 Å². The summed E-state index contributed by atoms with van der Waals surface area (Å²) in [4.78, 5) is 8.12. The lowest BCUT2D eigenvalue weighted by atomic mass is 9.95. The van der Waals surface area contributed by atoms with Crippen molar-refractivity contribution in [3.63, 3.8) is 0 Å². The Morgan fingerprint density at radius 3 is 2.84 bits per heavy atom. The Morgan fingerprint density at radius 2 is 2.04 bits per heavy atom. The molecule has 1 N–H and O–H groups in total. The zero-order chi connectivity index (χ0) is 17.0. The second kappa shape index (κ2) is 5.60. The molecule has 4 heterocycles. The van der Waals surface area contributed by atoms with Gasteiger partial charge in [-0.3, -0.25) is 4.40 Å². The summed E-state index contributed by atoms with van der Waals surface area (Å²) in [5, 5.41) is 11.7. The van der Waals surface area contributed by atoms with E-state index in [1.807, 2.05) is 12.3 Å². The average molecular weight is 356 g/mol. The lowest BCUT2D eigenvalue weighted by molar-refractivity contribution is 0.454. The van der Waals surface area contributed by atoms with E-state index in [-0.39, 0.29) is 5.82 Å². The topological polar surface area (TPSA) is 60.0 Å². The molecule has 5 rings (SSSR count). The maximum atomic E-state index is 14.3. The lowest BCUT2D eigenvalue weighted by Crippen LogP contribution is -2.26. The number of hydrogen-bond donors (Lipinski definition) is 1. The number of rotatable bonds is 2. The van der Waals surface area contributed by atoms with E-state index in [1.54, 1.807) is 18.4 Å². The minimum atomic E-state index is -0.345. The molecule has 0 aliphatic carbocycles. The number of piperidine rings is 1. The highest BCUT2D eigenvalue weighted by Gasteiger charge is 2.19. The quantitative estimate of drug-likeness (QED) is 0.600. The van der Waals surface area contributed by atoms with Gasteiger partial charge in [-0.15, -0.1) is 0 Å². The zero-order valence-electron chi connectivity index (χ0n) is 13.7. The summed E-state index contributed by atoms with van der Waals surface area (Å²) in [6.45, 7) is 2.11. The Morgan fingerprint density at radius 1 is 1.20 bits per heavy atom. The molecule has 3 aromatic heterocycles. The molecule has 0 atom stereocenters. The van der Waals surface area contributed by atoms with Crippen molar-refractivity contribution in [1.82, 2.24) is 29.7 Å². The average Bonchev–Trinajstić information content (AvgIpc) is 3.27. The van der Waals surface area contributed by atoms with Crippen LogP contribution in [0.25, 0.3) is 26.4 Å². The zero-order valence-corrected chi connectivity index (χ0v) is 14.6. The molecule has 0 spiro atoms. The van der Waals surface area contributed by atoms with Crippen molar-refractivity contribution in [3.05, 3.63) is 36.0 Å². The van der Waals surface area contributed by atoms with Gasteiger partial charge in [0.2, 0.25) is 0 Å². The number of imidazole rings is 1. The molecule has 1 fully saturated rings. The van der Waals surface area contributed by atoms with E-state index in [0.29, 0.717) is 17.0 Å². The minimum Gasteiger partial charge on any atom is -0.317 e. The highest BCUT2D eigenvalue weighted by atomic mass is 32.1. The van der Waals surface area contributed by atoms with Crippen LogP contribution >= 0.6 is 11.3 Å². The van der Waals surface area contributed by atoms with Crippen molar-refractivity contribution in [2.75, 3.05) is 13.1 Å². The highest BCUT2D eigenvalue weighted by Crippen LogP contribution is 2.33. The van der Waals surface area contributed by atoms with Crippen LogP contribution in [0.2, 0.25) is 0 Å². The molecule has 6 nitrogen and oxygen atoms in total. The molecule has 128 valence electrons. The number of aromatic nitrogens is 5. The molecule has 0 unspecified atom stereocenters. The fraction of sp³-hybridized carbons (Fsp3) is 0.353. The van der Waals surface area contributed by atoms with Crippen LogP contribution in [0.4, 0.5) is 4.39 Å². The maximum absolute atomic E-state index is 14.3. The molecule has 8 heteroatoms. The summed E-state index contributed by atoms with van der Waals surface area (Å²) in [5.41, 5.74) is 2.85. The first-order chi connectivity index (χ1) is 12.2. The largest absolute Gasteiger partial charge is 0.317 e. The van der Waals surface area contributed by atoms with Crippen molar-refractivity contribution in [1.29, 1.82) is 0 Å². The lowest BCUT2D eigenvalue weighted by Gasteiger charge is -2.20. The summed E-state index contributed by atoms with van der Waals surface area (Å²) < 4.78 is 16.3. The number of benzene rings is 1. The van der Waals surface area contributed by atoms with Gasteiger partial charge in [-0.1, -0.05) is 11.3 Å². The molecule has 1 saturated heterocycles. The van der Waals surface area contributed by atoms with Crippen LogP contribution in [0, 0.1) is 5.82 Å². The molecule has 1 aliphatic heterocycles. The van der Waals surface area contributed by atoms with Gasteiger partial charge in [-0.2, -0.15) is 15.0 Å².